The first-order valence-corrected chi connectivity index (χ1v) is 11.9. The molecule has 0 atom stereocenters. The topological polar surface area (TPSA) is 108 Å². The maximum absolute atomic E-state index is 12.4. The van der Waals surface area contributed by atoms with Gasteiger partial charge in [0.15, 0.2) is 11.5 Å². The molecule has 33 heavy (non-hydrogen) atoms. The van der Waals surface area contributed by atoms with Crippen LogP contribution >= 0.6 is 11.6 Å². The van der Waals surface area contributed by atoms with E-state index in [0.717, 1.165) is 6.26 Å². The van der Waals surface area contributed by atoms with Gasteiger partial charge < -0.3 is 9.84 Å². The number of halogens is 1. The lowest BCUT2D eigenvalue weighted by molar-refractivity contribution is 0.0955. The minimum absolute atomic E-state index is 0.00329. The summed E-state index contributed by atoms with van der Waals surface area (Å²) in [4.78, 5) is 12.4. The van der Waals surface area contributed by atoms with Crippen LogP contribution in [0, 0.1) is 0 Å². The first-order valence-electron chi connectivity index (χ1n) is 9.70. The largest absolute Gasteiger partial charge is 0.504 e. The number of hydrazone groups is 1. The lowest BCUT2D eigenvalue weighted by Gasteiger charge is -2.23. The number of anilines is 1. The Kier molecular flexibility index (Phi) is 7.57. The van der Waals surface area contributed by atoms with Gasteiger partial charge in [0.05, 0.1) is 31.8 Å². The number of phenolic OH excluding ortho intramolecular Hbond substituents is 1. The third-order valence-corrected chi connectivity index (χ3v) is 6.18. The number of benzene rings is 3. The molecule has 10 heteroatoms. The van der Waals surface area contributed by atoms with Gasteiger partial charge >= 0.3 is 0 Å². The average molecular weight is 488 g/mol. The van der Waals surface area contributed by atoms with E-state index in [-0.39, 0.29) is 18.0 Å². The summed E-state index contributed by atoms with van der Waals surface area (Å²) in [6, 6.07) is 17.7. The van der Waals surface area contributed by atoms with Gasteiger partial charge in [-0.15, -0.1) is 0 Å². The zero-order valence-electron chi connectivity index (χ0n) is 17.9. The number of nitrogens with one attached hydrogen (secondary N) is 1. The number of rotatable bonds is 8. The van der Waals surface area contributed by atoms with Crippen molar-refractivity contribution in [1.29, 1.82) is 0 Å². The molecule has 3 aromatic rings. The predicted molar refractivity (Wildman–Crippen MR) is 129 cm³/mol. The highest BCUT2D eigenvalue weighted by Gasteiger charge is 2.19. The van der Waals surface area contributed by atoms with Crippen molar-refractivity contribution in [2.24, 2.45) is 5.10 Å². The third-order valence-electron chi connectivity index (χ3n) is 4.67. The van der Waals surface area contributed by atoms with Crippen LogP contribution in [0.4, 0.5) is 5.69 Å². The van der Waals surface area contributed by atoms with Crippen LogP contribution in [0.1, 0.15) is 21.5 Å². The van der Waals surface area contributed by atoms with Gasteiger partial charge in [-0.2, -0.15) is 5.10 Å². The molecule has 2 N–H and O–H groups in total. The van der Waals surface area contributed by atoms with Crippen molar-refractivity contribution >= 4 is 39.4 Å². The molecule has 8 nitrogen and oxygen atoms in total. The van der Waals surface area contributed by atoms with Crippen LogP contribution in [0.5, 0.6) is 11.5 Å². The minimum atomic E-state index is -3.60. The molecule has 0 bridgehead atoms. The van der Waals surface area contributed by atoms with Crippen molar-refractivity contribution in [3.63, 3.8) is 0 Å². The van der Waals surface area contributed by atoms with Crippen molar-refractivity contribution < 1.29 is 23.1 Å². The van der Waals surface area contributed by atoms with Crippen molar-refractivity contribution in [1.82, 2.24) is 5.43 Å². The smallest absolute Gasteiger partial charge is 0.271 e. The van der Waals surface area contributed by atoms with Gasteiger partial charge in [0, 0.05) is 10.6 Å². The molecule has 0 heterocycles. The molecule has 1 amide bonds. The van der Waals surface area contributed by atoms with Crippen molar-refractivity contribution in [3.05, 3.63) is 88.4 Å². The second kappa shape index (κ2) is 10.4. The van der Waals surface area contributed by atoms with Crippen LogP contribution in [0.25, 0.3) is 0 Å². The summed E-state index contributed by atoms with van der Waals surface area (Å²) in [6.45, 7) is 0.0600. The fraction of sp³-hybridized carbons (Fsp3) is 0.130. The molecule has 172 valence electrons. The van der Waals surface area contributed by atoms with E-state index in [1.807, 2.05) is 0 Å². The first kappa shape index (κ1) is 24.1. The molecule has 0 aliphatic heterocycles. The number of carbonyl (C=O) groups is 1. The zero-order valence-corrected chi connectivity index (χ0v) is 19.5. The highest BCUT2D eigenvalue weighted by Crippen LogP contribution is 2.26. The number of carbonyl (C=O) groups excluding carboxylic acids is 1. The Hall–Kier alpha value is -3.56. The molecule has 3 aromatic carbocycles. The molecule has 0 aliphatic carbocycles. The average Bonchev–Trinajstić information content (AvgIpc) is 2.79. The molecule has 0 spiro atoms. The second-order valence-corrected chi connectivity index (χ2v) is 9.35. The van der Waals surface area contributed by atoms with Crippen LogP contribution in [-0.4, -0.2) is 39.0 Å². The standard InChI is InChI=1S/C23H22ClN3O5S/c1-32-22-13-16(7-12-21(22)28)14-25-26-23(29)17-8-10-19(11-9-17)27(33(2,30)31)15-18-5-3-4-6-20(18)24/h3-14,28H,15H2,1-2H3,(H,26,29)/b25-14-. The van der Waals surface area contributed by atoms with E-state index in [9.17, 15) is 18.3 Å². The summed E-state index contributed by atoms with van der Waals surface area (Å²) in [5.74, 6) is -0.190. The van der Waals surface area contributed by atoms with Crippen LogP contribution in [-0.2, 0) is 16.6 Å². The number of amides is 1. The number of phenols is 1. The molecule has 3 rings (SSSR count). The van der Waals surface area contributed by atoms with E-state index in [1.54, 1.807) is 48.5 Å². The highest BCUT2D eigenvalue weighted by molar-refractivity contribution is 7.92. The summed E-state index contributed by atoms with van der Waals surface area (Å²) in [5, 5.41) is 14.0. The van der Waals surface area contributed by atoms with E-state index >= 15 is 0 Å². The number of methoxy groups -OCH3 is 1. The Morgan fingerprint density at radius 2 is 1.85 bits per heavy atom. The number of hydrogen-bond acceptors (Lipinski definition) is 6. The fourth-order valence-corrected chi connectivity index (χ4v) is 4.04. The lowest BCUT2D eigenvalue weighted by atomic mass is 10.2. The molecule has 0 aliphatic rings. The Labute approximate surface area is 197 Å². The molecular weight excluding hydrogens is 466 g/mol. The molecule has 0 saturated heterocycles. The summed E-state index contributed by atoms with van der Waals surface area (Å²) in [5.41, 5.74) is 4.37. The van der Waals surface area contributed by atoms with E-state index in [2.05, 4.69) is 10.5 Å². The van der Waals surface area contributed by atoms with Crippen LogP contribution in [0.3, 0.4) is 0 Å². The molecule has 0 aromatic heterocycles. The Morgan fingerprint density at radius 3 is 2.48 bits per heavy atom. The van der Waals surface area contributed by atoms with Crippen molar-refractivity contribution in [3.8, 4) is 11.5 Å². The molecule has 0 radical (unpaired) electrons. The van der Waals surface area contributed by atoms with Crippen LogP contribution in [0.15, 0.2) is 71.8 Å². The van der Waals surface area contributed by atoms with Gasteiger partial charge in [0.25, 0.3) is 5.91 Å². The molecule has 0 saturated carbocycles. The number of ether oxygens (including phenoxy) is 1. The van der Waals surface area contributed by atoms with Gasteiger partial charge in [-0.25, -0.2) is 13.8 Å². The van der Waals surface area contributed by atoms with Gasteiger partial charge in [0.1, 0.15) is 0 Å². The van der Waals surface area contributed by atoms with Gasteiger partial charge in [0.2, 0.25) is 10.0 Å². The summed E-state index contributed by atoms with van der Waals surface area (Å²) in [7, 11) is -2.17. The Balaban J connectivity index is 1.72. The minimum Gasteiger partial charge on any atom is -0.504 e. The lowest BCUT2D eigenvalue weighted by Crippen LogP contribution is -2.29. The highest BCUT2D eigenvalue weighted by atomic mass is 35.5. The normalized spacial score (nSPS) is 11.4. The van der Waals surface area contributed by atoms with E-state index in [0.29, 0.717) is 27.4 Å². The number of hydrogen-bond donors (Lipinski definition) is 2. The number of sulfonamides is 1. The fourth-order valence-electron chi connectivity index (χ4n) is 2.96. The molecule has 0 unspecified atom stereocenters. The zero-order chi connectivity index (χ0) is 24.0. The quantitative estimate of drug-likeness (QED) is 0.371. The van der Waals surface area contributed by atoms with E-state index in [4.69, 9.17) is 16.3 Å². The van der Waals surface area contributed by atoms with Gasteiger partial charge in [-0.05, 0) is 59.7 Å². The van der Waals surface area contributed by atoms with Crippen LogP contribution < -0.4 is 14.5 Å². The monoisotopic (exact) mass is 487 g/mol. The number of aromatic hydroxyl groups is 1. The van der Waals surface area contributed by atoms with Crippen molar-refractivity contribution in [2.75, 3.05) is 17.7 Å². The van der Waals surface area contributed by atoms with Crippen LogP contribution in [0.2, 0.25) is 5.02 Å². The maximum Gasteiger partial charge on any atom is 0.271 e. The Bertz CT molecular complexity index is 1280. The molecule has 0 fully saturated rings. The summed E-state index contributed by atoms with van der Waals surface area (Å²) < 4.78 is 31.0. The van der Waals surface area contributed by atoms with Gasteiger partial charge in [-0.1, -0.05) is 29.8 Å². The molecular formula is C23H22ClN3O5S. The SMILES string of the molecule is COc1cc(/C=N\NC(=O)c2ccc(N(Cc3ccccc3Cl)S(C)(=O)=O)cc2)ccc1O. The van der Waals surface area contributed by atoms with Crippen molar-refractivity contribution in [2.45, 2.75) is 6.54 Å². The second-order valence-electron chi connectivity index (χ2n) is 7.04. The summed E-state index contributed by atoms with van der Waals surface area (Å²) >= 11 is 6.18. The maximum atomic E-state index is 12.4. The third kappa shape index (κ3) is 6.24. The number of nitrogens with zero attached hydrogens (tertiary/aromatic N) is 2. The Morgan fingerprint density at radius 1 is 1.15 bits per heavy atom. The first-order chi connectivity index (χ1) is 15.7. The van der Waals surface area contributed by atoms with E-state index in [1.165, 1.54) is 35.8 Å². The van der Waals surface area contributed by atoms with Gasteiger partial charge in [-0.3, -0.25) is 9.10 Å². The predicted octanol–water partition coefficient (Wildman–Crippen LogP) is 3.78. The van der Waals surface area contributed by atoms with E-state index < -0.39 is 15.9 Å². The summed E-state index contributed by atoms with van der Waals surface area (Å²) in [6.07, 6.45) is 2.51.